The van der Waals surface area contributed by atoms with Gasteiger partial charge in [-0.2, -0.15) is 11.2 Å². The Bertz CT molecular complexity index is 2340. The van der Waals surface area contributed by atoms with Gasteiger partial charge in [-0.1, -0.05) is 95.8 Å². The van der Waals surface area contributed by atoms with Gasteiger partial charge in [0, 0.05) is 34.5 Å². The summed E-state index contributed by atoms with van der Waals surface area (Å²) in [5, 5.41) is 7.63. The van der Waals surface area contributed by atoms with Gasteiger partial charge in [0.15, 0.2) is 0 Å². The Kier molecular flexibility index (Phi) is 12.0. The van der Waals surface area contributed by atoms with Crippen LogP contribution in [0.3, 0.4) is 0 Å². The molecule has 3 heterocycles. The molecule has 0 aliphatic carbocycles. The Morgan fingerprint density at radius 3 is 2.25 bits per heavy atom. The maximum Gasteiger partial charge on any atom is 2.00 e. The number of rotatable bonds is 13. The molecular weight excluding hydrogens is 832 g/mol. The van der Waals surface area contributed by atoms with Gasteiger partial charge in [-0.3, -0.25) is 4.68 Å². The van der Waals surface area contributed by atoms with Gasteiger partial charge in [0.25, 0.3) is 0 Å². The van der Waals surface area contributed by atoms with Crippen molar-refractivity contribution in [3.05, 3.63) is 131 Å². The molecule has 0 amide bonds. The molecule has 4 aromatic carbocycles. The van der Waals surface area contributed by atoms with Crippen LogP contribution in [0, 0.1) is 26.0 Å². The number of pyridine rings is 1. The zero-order chi connectivity index (χ0) is 36.4. The predicted octanol–water partition coefficient (Wildman–Crippen LogP) is 12.4. The Morgan fingerprint density at radius 1 is 0.736 bits per heavy atom. The van der Waals surface area contributed by atoms with E-state index in [1.54, 1.807) is 0 Å². The van der Waals surface area contributed by atoms with E-state index in [4.69, 9.17) is 14.8 Å². The SMILES string of the molecule is CCCCc1ccnc(-n2c3[c-]c(Oc4[c-]c(-n5nc(CCC)c(-c6c(C)cccc6C)c5CCC)cc(C(C)C)c4)ccc3c3ccccc32)c1.[Pt+2]. The van der Waals surface area contributed by atoms with E-state index in [2.05, 4.69) is 143 Å². The molecule has 0 saturated carbocycles. The van der Waals surface area contributed by atoms with Crippen LogP contribution < -0.4 is 4.74 Å². The van der Waals surface area contributed by atoms with E-state index in [1.165, 1.54) is 44.5 Å². The van der Waals surface area contributed by atoms with E-state index >= 15 is 0 Å². The third-order valence-corrected chi connectivity index (χ3v) is 10.1. The van der Waals surface area contributed by atoms with Crippen LogP contribution in [0.2, 0.25) is 0 Å². The van der Waals surface area contributed by atoms with E-state index in [0.717, 1.165) is 78.6 Å². The van der Waals surface area contributed by atoms with Crippen molar-refractivity contribution >= 4 is 21.8 Å². The summed E-state index contributed by atoms with van der Waals surface area (Å²) in [7, 11) is 0. The zero-order valence-corrected chi connectivity index (χ0v) is 34.4. The second-order valence-corrected chi connectivity index (χ2v) is 14.4. The number of hydrogen-bond donors (Lipinski definition) is 0. The molecule has 0 atom stereocenters. The van der Waals surface area contributed by atoms with Crippen LogP contribution in [-0.2, 0) is 40.3 Å². The Labute approximate surface area is 329 Å². The third-order valence-electron chi connectivity index (χ3n) is 10.1. The monoisotopic (exact) mass is 881 g/mol. The average molecular weight is 882 g/mol. The summed E-state index contributed by atoms with van der Waals surface area (Å²) in [5.41, 5.74) is 13.0. The van der Waals surface area contributed by atoms with Crippen molar-refractivity contribution in [3.8, 4) is 34.1 Å². The molecule has 0 unspecified atom stereocenters. The number of para-hydroxylation sites is 1. The van der Waals surface area contributed by atoms with Gasteiger partial charge in [0.1, 0.15) is 5.82 Å². The van der Waals surface area contributed by atoms with E-state index in [9.17, 15) is 0 Å². The van der Waals surface area contributed by atoms with Crippen LogP contribution in [0.5, 0.6) is 11.5 Å². The number of unbranched alkanes of at least 4 members (excludes halogenated alkanes) is 1. The van der Waals surface area contributed by atoms with Crippen molar-refractivity contribution in [2.24, 2.45) is 0 Å². The molecule has 274 valence electrons. The van der Waals surface area contributed by atoms with Gasteiger partial charge in [-0.25, -0.2) is 4.98 Å². The van der Waals surface area contributed by atoms with Crippen LogP contribution in [0.1, 0.15) is 99.9 Å². The second-order valence-electron chi connectivity index (χ2n) is 14.4. The van der Waals surface area contributed by atoms with Crippen molar-refractivity contribution in [2.75, 3.05) is 0 Å². The summed E-state index contributed by atoms with van der Waals surface area (Å²) in [6.07, 6.45) is 9.15. The van der Waals surface area contributed by atoms with Crippen LogP contribution in [-0.4, -0.2) is 19.3 Å². The molecular formula is C47H50N4OPt. The number of aryl methyl sites for hydroxylation is 4. The van der Waals surface area contributed by atoms with Crippen LogP contribution in [0.15, 0.2) is 85.1 Å². The third kappa shape index (κ3) is 7.64. The predicted molar refractivity (Wildman–Crippen MR) is 215 cm³/mol. The number of benzene rings is 4. The molecule has 0 spiro atoms. The van der Waals surface area contributed by atoms with E-state index in [1.807, 2.05) is 12.3 Å². The smallest absolute Gasteiger partial charge is 0.509 e. The molecule has 0 aliphatic heterocycles. The maximum absolute atomic E-state index is 6.72. The molecule has 53 heavy (non-hydrogen) atoms. The average Bonchev–Trinajstić information content (AvgIpc) is 3.66. The van der Waals surface area contributed by atoms with Gasteiger partial charge in [-0.05, 0) is 97.0 Å². The van der Waals surface area contributed by atoms with E-state index in [0.29, 0.717) is 11.5 Å². The van der Waals surface area contributed by atoms with Gasteiger partial charge in [-0.15, -0.1) is 41.3 Å². The molecule has 0 fully saturated rings. The molecule has 0 saturated heterocycles. The summed E-state index contributed by atoms with van der Waals surface area (Å²) in [4.78, 5) is 4.84. The largest absolute Gasteiger partial charge is 2.00 e. The Hall–Kier alpha value is -4.47. The van der Waals surface area contributed by atoms with E-state index in [-0.39, 0.29) is 27.0 Å². The fraction of sp³-hybridized carbons (Fsp3) is 0.319. The summed E-state index contributed by atoms with van der Waals surface area (Å²) in [5.74, 6) is 2.48. The first kappa shape index (κ1) is 38.3. The Balaban J connectivity index is 0.00000481. The van der Waals surface area contributed by atoms with Crippen LogP contribution in [0.4, 0.5) is 0 Å². The number of aromatic nitrogens is 4. The van der Waals surface area contributed by atoms with Crippen LogP contribution >= 0.6 is 0 Å². The standard InChI is InChI=1S/C47H50N4O.Pt/c1-8-11-19-34-24-25-48-45(26-34)50-42-21-13-12-20-39(42)40-23-22-37(30-44(40)50)52-38-28-35(31(4)5)27-36(29-38)51-43(16-10-3)47(41(49-51)15-9-2)46-32(6)17-14-18-33(46)7;/h12-14,17-18,20-28,31H,8-11,15-16,19H2,1-7H3;/q-2;+2. The topological polar surface area (TPSA) is 44.9 Å². The quantitative estimate of drug-likeness (QED) is 0.108. The summed E-state index contributed by atoms with van der Waals surface area (Å²) in [6.45, 7) is 15.6. The van der Waals surface area contributed by atoms with Gasteiger partial charge in [0.2, 0.25) is 0 Å². The molecule has 5 nitrogen and oxygen atoms in total. The molecule has 7 rings (SSSR count). The number of hydrogen-bond acceptors (Lipinski definition) is 3. The van der Waals surface area contributed by atoms with Crippen molar-refractivity contribution in [1.29, 1.82) is 0 Å². The van der Waals surface area contributed by atoms with Crippen molar-refractivity contribution < 1.29 is 25.8 Å². The Morgan fingerprint density at radius 2 is 1.51 bits per heavy atom. The second kappa shape index (κ2) is 16.7. The number of fused-ring (bicyclic) bond motifs is 3. The fourth-order valence-electron chi connectivity index (χ4n) is 7.54. The summed E-state index contributed by atoms with van der Waals surface area (Å²) < 4.78 is 11.1. The van der Waals surface area contributed by atoms with Crippen molar-refractivity contribution in [3.63, 3.8) is 0 Å². The molecule has 7 aromatic rings. The van der Waals surface area contributed by atoms with E-state index < -0.39 is 0 Å². The minimum atomic E-state index is 0. The van der Waals surface area contributed by atoms with Gasteiger partial charge < -0.3 is 9.30 Å². The van der Waals surface area contributed by atoms with Gasteiger partial charge >= 0.3 is 21.1 Å². The maximum atomic E-state index is 6.72. The normalized spacial score (nSPS) is 11.5. The van der Waals surface area contributed by atoms with Crippen molar-refractivity contribution in [2.45, 2.75) is 99.3 Å². The molecule has 0 bridgehead atoms. The van der Waals surface area contributed by atoms with Crippen molar-refractivity contribution in [1.82, 2.24) is 19.3 Å². The number of nitrogens with zero attached hydrogens (tertiary/aromatic N) is 4. The fourth-order valence-corrected chi connectivity index (χ4v) is 7.54. The molecule has 0 radical (unpaired) electrons. The summed E-state index contributed by atoms with van der Waals surface area (Å²) in [6, 6.07) is 35.3. The molecule has 3 aromatic heterocycles. The minimum absolute atomic E-state index is 0. The van der Waals surface area contributed by atoms with Gasteiger partial charge in [0.05, 0.1) is 5.69 Å². The summed E-state index contributed by atoms with van der Waals surface area (Å²) >= 11 is 0. The zero-order valence-electron chi connectivity index (χ0n) is 32.1. The molecule has 0 aliphatic rings. The minimum Gasteiger partial charge on any atom is -0.509 e. The first-order valence-electron chi connectivity index (χ1n) is 19.1. The van der Waals surface area contributed by atoms with Crippen LogP contribution in [0.25, 0.3) is 44.4 Å². The number of ether oxygens (including phenoxy) is 1. The first-order valence-corrected chi connectivity index (χ1v) is 19.1. The molecule has 6 heteroatoms. The first-order chi connectivity index (χ1) is 25.3. The molecule has 0 N–H and O–H groups in total.